The van der Waals surface area contributed by atoms with Gasteiger partial charge in [0.2, 0.25) is 0 Å². The van der Waals surface area contributed by atoms with Crippen molar-refractivity contribution in [2.24, 2.45) is 11.8 Å². The molecule has 0 radical (unpaired) electrons. The maximum Gasteiger partial charge on any atom is 0.345 e. The van der Waals surface area contributed by atoms with Crippen molar-refractivity contribution in [3.05, 3.63) is 34.4 Å². The van der Waals surface area contributed by atoms with E-state index in [-0.39, 0.29) is 42.4 Å². The van der Waals surface area contributed by atoms with Crippen LogP contribution in [0.15, 0.2) is 34.4 Å². The van der Waals surface area contributed by atoms with Crippen molar-refractivity contribution in [1.29, 1.82) is 0 Å². The summed E-state index contributed by atoms with van der Waals surface area (Å²) in [6.45, 7) is 2.02. The number of carbonyl (C=O) groups is 5. The third-order valence-corrected chi connectivity index (χ3v) is 7.38. The fourth-order valence-electron chi connectivity index (χ4n) is 5.48. The lowest BCUT2D eigenvalue weighted by Crippen LogP contribution is -2.39. The number of hydrogen-bond donors (Lipinski definition) is 3. The summed E-state index contributed by atoms with van der Waals surface area (Å²) in [5, 5.41) is 33.6. The Hall–Kier alpha value is -3.15. The number of unbranched alkanes of at least 4 members (excludes halogenated alkanes) is 3. The Morgan fingerprint density at radius 2 is 1.51 bits per heavy atom. The molecule has 1 aliphatic carbocycles. The first-order valence-electron chi connectivity index (χ1n) is 12.5. The van der Waals surface area contributed by atoms with Gasteiger partial charge in [0, 0.05) is 24.0 Å². The molecule has 0 aromatic rings. The zero-order valence-corrected chi connectivity index (χ0v) is 20.4. The molecular formula is C26H30O11. The normalized spacial score (nSPS) is 29.7. The largest absolute Gasteiger partial charge is 0.456 e. The van der Waals surface area contributed by atoms with Crippen molar-refractivity contribution in [3.8, 4) is 0 Å². The SMILES string of the molecule is CCCCCC[C@@H](O)C1C2=C(C[C@H]([C@H](O)[C@@H]3CC=CC(=O)O3)CC3=C(C(=O)OC3=O)C1O)C(=O)OC2=O. The zero-order valence-electron chi connectivity index (χ0n) is 20.4. The molecule has 0 spiro atoms. The van der Waals surface area contributed by atoms with Gasteiger partial charge >= 0.3 is 29.8 Å². The van der Waals surface area contributed by atoms with Crippen LogP contribution in [0.1, 0.15) is 58.3 Å². The lowest BCUT2D eigenvalue weighted by atomic mass is 9.80. The third kappa shape index (κ3) is 5.29. The molecule has 0 saturated heterocycles. The molecule has 0 amide bonds. The van der Waals surface area contributed by atoms with Crippen LogP contribution in [0.5, 0.6) is 0 Å². The molecule has 3 N–H and O–H groups in total. The average molecular weight is 519 g/mol. The van der Waals surface area contributed by atoms with Crippen LogP contribution in [-0.4, -0.2) is 69.6 Å². The second-order valence-corrected chi connectivity index (χ2v) is 9.80. The molecule has 0 bridgehead atoms. The van der Waals surface area contributed by atoms with Crippen LogP contribution in [0.3, 0.4) is 0 Å². The van der Waals surface area contributed by atoms with Crippen LogP contribution in [0.4, 0.5) is 0 Å². The van der Waals surface area contributed by atoms with Crippen LogP contribution in [-0.2, 0) is 38.2 Å². The summed E-state index contributed by atoms with van der Waals surface area (Å²) in [7, 11) is 0. The molecule has 11 heteroatoms. The maximum absolute atomic E-state index is 12.8. The van der Waals surface area contributed by atoms with E-state index in [1.807, 2.05) is 6.92 Å². The molecule has 3 aliphatic heterocycles. The molecule has 11 nitrogen and oxygen atoms in total. The molecule has 200 valence electrons. The Morgan fingerprint density at radius 1 is 0.892 bits per heavy atom. The average Bonchev–Trinajstić information content (AvgIpc) is 3.30. The van der Waals surface area contributed by atoms with Crippen LogP contribution in [0.2, 0.25) is 0 Å². The van der Waals surface area contributed by atoms with Gasteiger partial charge in [0.05, 0.1) is 35.0 Å². The highest BCUT2D eigenvalue weighted by molar-refractivity contribution is 6.15. The Bertz CT molecular complexity index is 1100. The summed E-state index contributed by atoms with van der Waals surface area (Å²) in [5.74, 6) is -7.33. The molecule has 6 atom stereocenters. The first kappa shape index (κ1) is 26.9. The van der Waals surface area contributed by atoms with E-state index in [0.29, 0.717) is 6.42 Å². The van der Waals surface area contributed by atoms with Crippen LogP contribution >= 0.6 is 0 Å². The fraction of sp³-hybridized carbons (Fsp3) is 0.577. The summed E-state index contributed by atoms with van der Waals surface area (Å²) >= 11 is 0. The van der Waals surface area contributed by atoms with E-state index < -0.39 is 71.7 Å². The van der Waals surface area contributed by atoms with Crippen LogP contribution < -0.4 is 0 Å². The van der Waals surface area contributed by atoms with Gasteiger partial charge in [-0.05, 0) is 25.2 Å². The Balaban J connectivity index is 1.78. The monoisotopic (exact) mass is 518 g/mol. The first-order chi connectivity index (χ1) is 17.6. The van der Waals surface area contributed by atoms with Crippen molar-refractivity contribution in [2.75, 3.05) is 0 Å². The van der Waals surface area contributed by atoms with Gasteiger partial charge in [-0.3, -0.25) is 0 Å². The van der Waals surface area contributed by atoms with Crippen molar-refractivity contribution in [3.63, 3.8) is 0 Å². The molecule has 37 heavy (non-hydrogen) atoms. The van der Waals surface area contributed by atoms with Crippen LogP contribution in [0.25, 0.3) is 0 Å². The van der Waals surface area contributed by atoms with Crippen molar-refractivity contribution >= 4 is 29.8 Å². The standard InChI is InChI=1S/C26H30O11/c1-2-3-4-5-7-15(27)20-18-13(23(31)36-25(18)33)10-12(21(29)16-8-6-9-17(28)35-16)11-14-19(22(20)30)26(34)37-24(14)32/h6,9,12,15-16,20-22,27,29-30H,2-5,7-8,10-11H2,1H3/t12-,15+,16-,20?,21-,22?/m0/s1. The number of cyclic esters (lactones) is 5. The topological polar surface area (TPSA) is 174 Å². The minimum atomic E-state index is -1.84. The van der Waals surface area contributed by atoms with Crippen LogP contribution in [0, 0.1) is 11.8 Å². The summed E-state index contributed by atoms with van der Waals surface area (Å²) in [4.78, 5) is 62.6. The van der Waals surface area contributed by atoms with Crippen molar-refractivity contribution < 1.29 is 53.5 Å². The minimum Gasteiger partial charge on any atom is -0.456 e. The minimum absolute atomic E-state index is 0.155. The van der Waals surface area contributed by atoms with Gasteiger partial charge in [0.15, 0.2) is 0 Å². The first-order valence-corrected chi connectivity index (χ1v) is 12.5. The van der Waals surface area contributed by atoms with E-state index in [1.54, 1.807) is 0 Å². The predicted molar refractivity (Wildman–Crippen MR) is 123 cm³/mol. The van der Waals surface area contributed by atoms with Gasteiger partial charge in [-0.15, -0.1) is 0 Å². The lowest BCUT2D eigenvalue weighted by molar-refractivity contribution is -0.154. The summed E-state index contributed by atoms with van der Waals surface area (Å²) < 4.78 is 14.8. The van der Waals surface area contributed by atoms with Gasteiger partial charge in [0.25, 0.3) is 0 Å². The van der Waals surface area contributed by atoms with E-state index in [1.165, 1.54) is 12.2 Å². The van der Waals surface area contributed by atoms with Gasteiger partial charge < -0.3 is 29.5 Å². The Morgan fingerprint density at radius 3 is 2.14 bits per heavy atom. The number of aliphatic hydroxyl groups is 3. The Labute approximate surface area is 212 Å². The van der Waals surface area contributed by atoms with Gasteiger partial charge in [-0.25, -0.2) is 24.0 Å². The second-order valence-electron chi connectivity index (χ2n) is 9.80. The summed E-state index contributed by atoms with van der Waals surface area (Å²) in [5.41, 5.74) is -1.10. The number of hydrogen-bond acceptors (Lipinski definition) is 11. The van der Waals surface area contributed by atoms with Gasteiger partial charge in [0.1, 0.15) is 6.10 Å². The molecular weight excluding hydrogens is 488 g/mol. The molecule has 0 aromatic heterocycles. The molecule has 2 unspecified atom stereocenters. The number of ether oxygens (including phenoxy) is 3. The summed E-state index contributed by atoms with van der Waals surface area (Å²) in [6.07, 6.45) is 0.0132. The van der Waals surface area contributed by atoms with Gasteiger partial charge in [-0.1, -0.05) is 38.7 Å². The van der Waals surface area contributed by atoms with Gasteiger partial charge in [-0.2, -0.15) is 0 Å². The highest BCUT2D eigenvalue weighted by Gasteiger charge is 2.51. The molecule has 4 rings (SSSR count). The number of aliphatic hydroxyl groups excluding tert-OH is 3. The van der Waals surface area contributed by atoms with E-state index in [0.717, 1.165) is 19.3 Å². The second kappa shape index (κ2) is 11.1. The van der Waals surface area contributed by atoms with Crippen molar-refractivity contribution in [1.82, 2.24) is 0 Å². The highest BCUT2D eigenvalue weighted by atomic mass is 16.6. The highest BCUT2D eigenvalue weighted by Crippen LogP contribution is 2.43. The number of carbonyl (C=O) groups excluding carboxylic acids is 5. The van der Waals surface area contributed by atoms with E-state index in [2.05, 4.69) is 0 Å². The number of rotatable bonds is 8. The quantitative estimate of drug-likeness (QED) is 0.179. The molecule has 0 aromatic carbocycles. The Kier molecular flexibility index (Phi) is 8.05. The molecule has 0 fully saturated rings. The number of esters is 5. The molecule has 4 aliphatic rings. The van der Waals surface area contributed by atoms with E-state index >= 15 is 0 Å². The molecule has 3 heterocycles. The van der Waals surface area contributed by atoms with E-state index in [9.17, 15) is 39.3 Å². The van der Waals surface area contributed by atoms with E-state index in [4.69, 9.17) is 14.2 Å². The smallest absolute Gasteiger partial charge is 0.345 e. The predicted octanol–water partition coefficient (Wildman–Crippen LogP) is 0.697. The molecule has 0 saturated carbocycles. The summed E-state index contributed by atoms with van der Waals surface area (Å²) in [6, 6.07) is 0. The van der Waals surface area contributed by atoms with Crippen molar-refractivity contribution in [2.45, 2.75) is 82.7 Å². The maximum atomic E-state index is 12.8. The third-order valence-electron chi connectivity index (χ3n) is 7.38. The lowest BCUT2D eigenvalue weighted by Gasteiger charge is -2.30. The zero-order chi connectivity index (χ0) is 26.9. The fourth-order valence-corrected chi connectivity index (χ4v) is 5.48.